The molecule has 0 N–H and O–H groups in total. The second-order valence-electron chi connectivity index (χ2n) is 8.18. The van der Waals surface area contributed by atoms with E-state index in [2.05, 4.69) is 15.1 Å². The van der Waals surface area contributed by atoms with Gasteiger partial charge in [-0.2, -0.15) is 18.2 Å². The molecule has 0 saturated carbocycles. The maximum absolute atomic E-state index is 12.9. The first-order valence-electron chi connectivity index (χ1n) is 10.7. The maximum atomic E-state index is 12.9. The number of ketones is 1. The normalized spacial score (nSPS) is 13.7. The van der Waals surface area contributed by atoms with Crippen molar-refractivity contribution in [3.8, 4) is 0 Å². The molecule has 1 aliphatic rings. The highest BCUT2D eigenvalue weighted by Gasteiger charge is 2.37. The summed E-state index contributed by atoms with van der Waals surface area (Å²) < 4.78 is 44.9. The fourth-order valence-corrected chi connectivity index (χ4v) is 4.13. The van der Waals surface area contributed by atoms with E-state index in [0.29, 0.717) is 22.5 Å². The molecule has 1 aliphatic carbocycles. The van der Waals surface area contributed by atoms with Crippen LogP contribution in [0, 0.1) is 13.8 Å². The van der Waals surface area contributed by atoms with E-state index < -0.39 is 18.0 Å². The minimum absolute atomic E-state index is 0.0485. The van der Waals surface area contributed by atoms with E-state index in [1.54, 1.807) is 19.9 Å². The minimum Gasteiger partial charge on any atom is -0.457 e. The number of carbonyl (C=O) groups is 2. The lowest BCUT2D eigenvalue weighted by atomic mass is 9.90. The number of nitrogens with zero attached hydrogens (tertiary/aromatic N) is 4. The number of rotatable bonds is 6. The first kappa shape index (κ1) is 22.9. The molecule has 33 heavy (non-hydrogen) atoms. The van der Waals surface area contributed by atoms with Gasteiger partial charge in [-0.3, -0.25) is 9.59 Å². The van der Waals surface area contributed by atoms with Gasteiger partial charge in [-0.25, -0.2) is 9.50 Å². The molecule has 10 heteroatoms. The third-order valence-corrected chi connectivity index (χ3v) is 5.92. The monoisotopic (exact) mass is 460 g/mol. The molecule has 0 atom stereocenters. The van der Waals surface area contributed by atoms with E-state index in [1.807, 2.05) is 12.1 Å². The Balaban J connectivity index is 1.38. The lowest BCUT2D eigenvalue weighted by Gasteiger charge is -2.16. The Hall–Kier alpha value is -3.30. The Kier molecular flexibility index (Phi) is 6.18. The zero-order valence-corrected chi connectivity index (χ0v) is 18.3. The van der Waals surface area contributed by atoms with Crippen LogP contribution in [-0.4, -0.2) is 37.9 Å². The lowest BCUT2D eigenvalue weighted by molar-refractivity contribution is -0.145. The van der Waals surface area contributed by atoms with Gasteiger partial charge in [0.05, 0.1) is 0 Å². The lowest BCUT2D eigenvalue weighted by Crippen LogP contribution is -2.16. The van der Waals surface area contributed by atoms with Crippen LogP contribution >= 0.6 is 0 Å². The molecule has 0 radical (unpaired) electrons. The summed E-state index contributed by atoms with van der Waals surface area (Å²) in [6.45, 7) is 2.87. The van der Waals surface area contributed by atoms with Crippen molar-refractivity contribution in [1.29, 1.82) is 0 Å². The van der Waals surface area contributed by atoms with Crippen molar-refractivity contribution in [3.05, 3.63) is 57.7 Å². The molecule has 0 saturated heterocycles. The molecule has 1 aromatic carbocycles. The molecule has 0 unspecified atom stereocenters. The number of carbonyl (C=O) groups excluding carboxylic acids is 2. The zero-order valence-electron chi connectivity index (χ0n) is 18.3. The first-order valence-corrected chi connectivity index (χ1v) is 10.7. The summed E-state index contributed by atoms with van der Waals surface area (Å²) >= 11 is 0. The Morgan fingerprint density at radius 2 is 1.82 bits per heavy atom. The minimum atomic E-state index is -4.68. The van der Waals surface area contributed by atoms with Crippen LogP contribution in [0.1, 0.15) is 63.5 Å². The van der Waals surface area contributed by atoms with Crippen molar-refractivity contribution in [1.82, 2.24) is 19.6 Å². The van der Waals surface area contributed by atoms with Gasteiger partial charge in [0.2, 0.25) is 0 Å². The largest absolute Gasteiger partial charge is 0.457 e. The second-order valence-corrected chi connectivity index (χ2v) is 8.18. The zero-order chi connectivity index (χ0) is 23.8. The van der Waals surface area contributed by atoms with Gasteiger partial charge < -0.3 is 4.74 Å². The van der Waals surface area contributed by atoms with E-state index >= 15 is 0 Å². The van der Waals surface area contributed by atoms with Gasteiger partial charge in [-0.15, -0.1) is 5.10 Å². The maximum Gasteiger partial charge on any atom is 0.453 e. The SMILES string of the molecule is Cc1nc2nc(C(F)(F)F)nn2c(C)c1CCC(=O)OCC(=O)c1ccc2c(c1)CCCC2. The number of esters is 1. The number of halogens is 3. The summed E-state index contributed by atoms with van der Waals surface area (Å²) in [5.41, 5.74) is 4.42. The second kappa shape index (κ2) is 8.92. The number of benzene rings is 1. The van der Waals surface area contributed by atoms with Crippen LogP contribution in [0.3, 0.4) is 0 Å². The van der Waals surface area contributed by atoms with Crippen molar-refractivity contribution in [2.45, 2.75) is 58.5 Å². The number of aromatic nitrogens is 4. The molecular weight excluding hydrogens is 437 g/mol. The highest BCUT2D eigenvalue weighted by Crippen LogP contribution is 2.27. The molecule has 2 heterocycles. The number of alkyl halides is 3. The first-order chi connectivity index (χ1) is 15.6. The summed E-state index contributed by atoms with van der Waals surface area (Å²) in [6.07, 6.45) is -0.317. The molecule has 3 aromatic rings. The average molecular weight is 460 g/mol. The summed E-state index contributed by atoms with van der Waals surface area (Å²) in [6, 6.07) is 5.61. The summed E-state index contributed by atoms with van der Waals surface area (Å²) in [7, 11) is 0. The van der Waals surface area contributed by atoms with Gasteiger partial charge in [0.25, 0.3) is 11.6 Å². The van der Waals surface area contributed by atoms with Crippen LogP contribution in [-0.2, 0) is 35.0 Å². The van der Waals surface area contributed by atoms with Gasteiger partial charge >= 0.3 is 12.1 Å². The molecular formula is C23H23F3N4O3. The summed E-state index contributed by atoms with van der Waals surface area (Å²) in [5, 5.41) is 3.49. The van der Waals surface area contributed by atoms with Crippen molar-refractivity contribution in [2.75, 3.05) is 6.61 Å². The number of ether oxygens (including phenoxy) is 1. The predicted octanol–water partition coefficient (Wildman–Crippen LogP) is 4.00. The molecule has 4 rings (SSSR count). The molecule has 0 amide bonds. The molecule has 2 aromatic heterocycles. The topological polar surface area (TPSA) is 86.4 Å². The molecule has 174 valence electrons. The van der Waals surface area contributed by atoms with Crippen LogP contribution in [0.15, 0.2) is 18.2 Å². The van der Waals surface area contributed by atoms with Crippen LogP contribution in [0.4, 0.5) is 13.2 Å². The molecule has 7 nitrogen and oxygen atoms in total. The smallest absolute Gasteiger partial charge is 0.453 e. The van der Waals surface area contributed by atoms with Crippen molar-refractivity contribution in [3.63, 3.8) is 0 Å². The Bertz CT molecular complexity index is 1230. The number of fused-ring (bicyclic) bond motifs is 2. The third-order valence-electron chi connectivity index (χ3n) is 5.92. The van der Waals surface area contributed by atoms with Crippen LogP contribution in [0.25, 0.3) is 5.78 Å². The highest BCUT2D eigenvalue weighted by atomic mass is 19.4. The van der Waals surface area contributed by atoms with E-state index in [9.17, 15) is 22.8 Å². The number of hydrogen-bond donors (Lipinski definition) is 0. The van der Waals surface area contributed by atoms with Crippen LogP contribution in [0.5, 0.6) is 0 Å². The van der Waals surface area contributed by atoms with E-state index in [4.69, 9.17) is 4.74 Å². The average Bonchev–Trinajstić information content (AvgIpc) is 3.21. The van der Waals surface area contributed by atoms with E-state index in [-0.39, 0.29) is 31.0 Å². The number of Topliss-reactive ketones (excluding diaryl/α,β-unsaturated/α-hetero) is 1. The van der Waals surface area contributed by atoms with Gasteiger partial charge in [0, 0.05) is 23.4 Å². The van der Waals surface area contributed by atoms with E-state index in [0.717, 1.165) is 30.2 Å². The highest BCUT2D eigenvalue weighted by molar-refractivity contribution is 5.98. The van der Waals surface area contributed by atoms with Gasteiger partial charge in [0.1, 0.15) is 0 Å². The number of aryl methyl sites for hydroxylation is 4. The van der Waals surface area contributed by atoms with E-state index in [1.165, 1.54) is 11.1 Å². The fraction of sp³-hybridized carbons (Fsp3) is 0.435. The third kappa shape index (κ3) is 4.89. The number of hydrogen-bond acceptors (Lipinski definition) is 6. The molecule has 0 aliphatic heterocycles. The van der Waals surface area contributed by atoms with Crippen molar-refractivity contribution >= 4 is 17.5 Å². The van der Waals surface area contributed by atoms with Gasteiger partial charge in [-0.1, -0.05) is 12.1 Å². The van der Waals surface area contributed by atoms with Crippen LogP contribution < -0.4 is 0 Å². The molecule has 0 bridgehead atoms. The van der Waals surface area contributed by atoms with Crippen LogP contribution in [0.2, 0.25) is 0 Å². The van der Waals surface area contributed by atoms with Gasteiger partial charge in [-0.05, 0) is 68.7 Å². The predicted molar refractivity (Wildman–Crippen MR) is 112 cm³/mol. The standard InChI is InChI=1S/C23H23F3N4O3/c1-13-18(14(2)30-22(27-13)28-21(29-30)23(24,25)26)9-10-20(32)33-12-19(31)17-8-7-15-5-3-4-6-16(15)11-17/h7-8,11H,3-6,9-10,12H2,1-2H3. The molecule has 0 spiro atoms. The summed E-state index contributed by atoms with van der Waals surface area (Å²) in [4.78, 5) is 32.2. The van der Waals surface area contributed by atoms with Crippen molar-refractivity contribution < 1.29 is 27.5 Å². The fourth-order valence-electron chi connectivity index (χ4n) is 4.13. The van der Waals surface area contributed by atoms with Gasteiger partial charge in [0.15, 0.2) is 12.4 Å². The Morgan fingerprint density at radius 1 is 1.09 bits per heavy atom. The quantitative estimate of drug-likeness (QED) is 0.408. The van der Waals surface area contributed by atoms with Crippen molar-refractivity contribution in [2.24, 2.45) is 0 Å². The summed E-state index contributed by atoms with van der Waals surface area (Å²) in [5.74, 6) is -2.27. The Morgan fingerprint density at radius 3 is 2.55 bits per heavy atom. The Labute approximate surface area is 188 Å². The molecule has 0 fully saturated rings.